The van der Waals surface area contributed by atoms with Gasteiger partial charge in [-0.2, -0.15) is 0 Å². The molecule has 1 N–H and O–H groups in total. The highest BCUT2D eigenvalue weighted by Gasteiger charge is 2.08. The van der Waals surface area contributed by atoms with Gasteiger partial charge in [0.05, 0.1) is 5.39 Å². The smallest absolute Gasteiger partial charge is 0.138 e. The van der Waals surface area contributed by atoms with Crippen molar-refractivity contribution in [1.82, 2.24) is 9.97 Å². The topological polar surface area (TPSA) is 37.8 Å². The van der Waals surface area contributed by atoms with Gasteiger partial charge in [0.2, 0.25) is 0 Å². The van der Waals surface area contributed by atoms with Crippen molar-refractivity contribution >= 4 is 27.4 Å². The minimum atomic E-state index is 0.823. The molecule has 0 radical (unpaired) electrons. The Morgan fingerprint density at radius 1 is 0.857 bits per heavy atom. The number of benzene rings is 2. The Bertz CT molecular complexity index is 1080. The van der Waals surface area contributed by atoms with E-state index in [0.717, 1.165) is 41.2 Å². The Balaban J connectivity index is 1.35. The highest BCUT2D eigenvalue weighted by molar-refractivity contribution is 7.18. The molecule has 0 amide bonds. The number of fused-ring (bicyclic) bond motifs is 1. The average molecular weight is 388 g/mol. The molecule has 0 spiro atoms. The van der Waals surface area contributed by atoms with Crippen LogP contribution in [0.1, 0.15) is 28.2 Å². The predicted octanol–water partition coefficient (Wildman–Crippen LogP) is 6.33. The Labute approximate surface area is 170 Å². The Morgan fingerprint density at radius 3 is 2.25 bits per heavy atom. The molecular formula is C24H25N3S. The Kier molecular flexibility index (Phi) is 5.40. The lowest BCUT2D eigenvalue weighted by molar-refractivity contribution is 0.858. The van der Waals surface area contributed by atoms with E-state index in [-0.39, 0.29) is 0 Å². The summed E-state index contributed by atoms with van der Waals surface area (Å²) in [6, 6.07) is 19.8. The molecule has 2 aromatic heterocycles. The summed E-state index contributed by atoms with van der Waals surface area (Å²) in [4.78, 5) is 11.5. The molecular weight excluding hydrogens is 362 g/mol. The molecule has 0 aliphatic heterocycles. The molecule has 0 saturated carbocycles. The van der Waals surface area contributed by atoms with Gasteiger partial charge in [-0.05, 0) is 56.4 Å². The molecule has 142 valence electrons. The van der Waals surface area contributed by atoms with E-state index >= 15 is 0 Å². The van der Waals surface area contributed by atoms with Crippen LogP contribution in [0, 0.1) is 20.8 Å². The molecule has 0 aliphatic carbocycles. The van der Waals surface area contributed by atoms with Gasteiger partial charge in [-0.25, -0.2) is 9.97 Å². The zero-order valence-electron chi connectivity index (χ0n) is 16.6. The van der Waals surface area contributed by atoms with Crippen molar-refractivity contribution in [2.45, 2.75) is 33.6 Å². The Hall–Kier alpha value is -2.72. The molecule has 2 heterocycles. The van der Waals surface area contributed by atoms with Crippen LogP contribution in [0.4, 0.5) is 5.82 Å². The number of aryl methyl sites for hydroxylation is 4. The molecule has 0 bridgehead atoms. The van der Waals surface area contributed by atoms with Gasteiger partial charge in [0.1, 0.15) is 16.5 Å². The number of hydrogen-bond acceptors (Lipinski definition) is 4. The maximum absolute atomic E-state index is 4.59. The predicted molar refractivity (Wildman–Crippen MR) is 120 cm³/mol. The number of hydrogen-bond donors (Lipinski definition) is 1. The van der Waals surface area contributed by atoms with Crippen LogP contribution in [-0.4, -0.2) is 16.5 Å². The van der Waals surface area contributed by atoms with Crippen molar-refractivity contribution in [3.05, 3.63) is 76.4 Å². The van der Waals surface area contributed by atoms with E-state index in [1.54, 1.807) is 11.3 Å². The van der Waals surface area contributed by atoms with Gasteiger partial charge in [-0.3, -0.25) is 0 Å². The third kappa shape index (κ3) is 4.23. The highest BCUT2D eigenvalue weighted by Crippen LogP contribution is 2.28. The normalized spacial score (nSPS) is 11.1. The van der Waals surface area contributed by atoms with Crippen molar-refractivity contribution in [2.24, 2.45) is 0 Å². The first kappa shape index (κ1) is 18.6. The summed E-state index contributed by atoms with van der Waals surface area (Å²) >= 11 is 1.73. The Morgan fingerprint density at radius 2 is 1.54 bits per heavy atom. The molecule has 3 nitrogen and oxygen atoms in total. The van der Waals surface area contributed by atoms with E-state index in [1.165, 1.54) is 27.1 Å². The number of nitrogens with one attached hydrogen (secondary N) is 1. The second-order valence-electron chi connectivity index (χ2n) is 7.29. The second-order valence-corrected chi connectivity index (χ2v) is 8.52. The quantitative estimate of drug-likeness (QED) is 0.393. The van der Waals surface area contributed by atoms with E-state index < -0.39 is 0 Å². The molecule has 4 aromatic rings. The summed E-state index contributed by atoms with van der Waals surface area (Å²) in [5.74, 6) is 1.78. The van der Waals surface area contributed by atoms with Crippen molar-refractivity contribution in [1.29, 1.82) is 0 Å². The SMILES string of the molecule is Cc1ccc(-c2ccc(CCCNc3nc(C)nc4sc(C)cc34)cc2)cc1. The number of anilines is 1. The highest BCUT2D eigenvalue weighted by atomic mass is 32.1. The van der Waals surface area contributed by atoms with Crippen molar-refractivity contribution < 1.29 is 0 Å². The summed E-state index contributed by atoms with van der Waals surface area (Å²) in [7, 11) is 0. The van der Waals surface area contributed by atoms with Gasteiger partial charge >= 0.3 is 0 Å². The molecule has 0 unspecified atom stereocenters. The van der Waals surface area contributed by atoms with Crippen molar-refractivity contribution in [3.8, 4) is 11.1 Å². The van der Waals surface area contributed by atoms with Crippen molar-refractivity contribution in [2.75, 3.05) is 11.9 Å². The van der Waals surface area contributed by atoms with E-state index in [4.69, 9.17) is 0 Å². The maximum atomic E-state index is 4.59. The lowest BCUT2D eigenvalue weighted by atomic mass is 10.0. The fourth-order valence-electron chi connectivity index (χ4n) is 3.39. The molecule has 28 heavy (non-hydrogen) atoms. The molecule has 0 saturated heterocycles. The molecule has 0 fully saturated rings. The van der Waals surface area contributed by atoms with E-state index in [0.29, 0.717) is 0 Å². The largest absolute Gasteiger partial charge is 0.369 e. The minimum absolute atomic E-state index is 0.823. The second kappa shape index (κ2) is 8.11. The van der Waals surface area contributed by atoms with E-state index in [1.807, 2.05) is 6.92 Å². The van der Waals surface area contributed by atoms with Crippen molar-refractivity contribution in [3.63, 3.8) is 0 Å². The third-order valence-corrected chi connectivity index (χ3v) is 5.85. The number of rotatable bonds is 6. The third-order valence-electron chi connectivity index (χ3n) is 4.90. The van der Waals surface area contributed by atoms with Crippen LogP contribution in [0.2, 0.25) is 0 Å². The summed E-state index contributed by atoms with van der Waals surface area (Å²) in [6.07, 6.45) is 2.12. The fraction of sp³-hybridized carbons (Fsp3) is 0.250. The van der Waals surface area contributed by atoms with Crippen LogP contribution < -0.4 is 5.32 Å². The first-order valence-corrected chi connectivity index (χ1v) is 10.5. The van der Waals surface area contributed by atoms with E-state index in [2.05, 4.69) is 83.7 Å². The van der Waals surface area contributed by atoms with E-state index in [9.17, 15) is 0 Å². The van der Waals surface area contributed by atoms with Crippen LogP contribution in [0.15, 0.2) is 54.6 Å². The summed E-state index contributed by atoms with van der Waals surface area (Å²) < 4.78 is 0. The van der Waals surface area contributed by atoms with Gasteiger partial charge in [-0.1, -0.05) is 54.1 Å². The van der Waals surface area contributed by atoms with Gasteiger partial charge in [0, 0.05) is 11.4 Å². The zero-order valence-corrected chi connectivity index (χ0v) is 17.4. The zero-order chi connectivity index (χ0) is 19.5. The standard InChI is InChI=1S/C24H25N3S/c1-16-6-10-20(11-7-16)21-12-8-19(9-13-21)5-4-14-25-23-22-15-17(2)28-24(22)27-18(3)26-23/h6-13,15H,4-5,14H2,1-3H3,(H,25,26,27). The van der Waals surface area contributed by atoms with Crippen LogP contribution in [0.3, 0.4) is 0 Å². The lowest BCUT2D eigenvalue weighted by Crippen LogP contribution is -2.06. The van der Waals surface area contributed by atoms with Crippen LogP contribution >= 0.6 is 11.3 Å². The molecule has 4 rings (SSSR count). The number of thiophene rings is 1. The van der Waals surface area contributed by atoms with Crippen LogP contribution in [0.25, 0.3) is 21.3 Å². The summed E-state index contributed by atoms with van der Waals surface area (Å²) in [5.41, 5.74) is 5.20. The minimum Gasteiger partial charge on any atom is -0.369 e. The van der Waals surface area contributed by atoms with Crippen LogP contribution in [0.5, 0.6) is 0 Å². The fourth-order valence-corrected chi connectivity index (χ4v) is 4.32. The molecule has 4 heteroatoms. The van der Waals surface area contributed by atoms with Gasteiger partial charge in [-0.15, -0.1) is 11.3 Å². The first-order chi connectivity index (χ1) is 13.6. The first-order valence-electron chi connectivity index (χ1n) is 9.73. The van der Waals surface area contributed by atoms with Crippen LogP contribution in [-0.2, 0) is 6.42 Å². The number of aromatic nitrogens is 2. The van der Waals surface area contributed by atoms with Gasteiger partial charge in [0.25, 0.3) is 0 Å². The maximum Gasteiger partial charge on any atom is 0.138 e. The average Bonchev–Trinajstić information content (AvgIpc) is 3.06. The monoisotopic (exact) mass is 387 g/mol. The summed E-state index contributed by atoms with van der Waals surface area (Å²) in [5, 5.41) is 4.64. The molecule has 0 atom stereocenters. The lowest BCUT2D eigenvalue weighted by Gasteiger charge is -2.08. The molecule has 0 aliphatic rings. The number of nitrogens with zero attached hydrogens (tertiary/aromatic N) is 2. The van der Waals surface area contributed by atoms with Gasteiger partial charge in [0.15, 0.2) is 0 Å². The molecule has 2 aromatic carbocycles. The summed E-state index contributed by atoms with van der Waals surface area (Å²) in [6.45, 7) is 7.09. The van der Waals surface area contributed by atoms with Gasteiger partial charge < -0.3 is 5.32 Å².